The predicted octanol–water partition coefficient (Wildman–Crippen LogP) is 2.78. The van der Waals surface area contributed by atoms with Crippen LogP contribution in [-0.2, 0) is 0 Å². The summed E-state index contributed by atoms with van der Waals surface area (Å²) in [4.78, 5) is 0. The van der Waals surface area contributed by atoms with Crippen LogP contribution < -0.4 is 5.32 Å². The highest BCUT2D eigenvalue weighted by Crippen LogP contribution is 2.36. The molecule has 1 heterocycles. The Morgan fingerprint density at radius 1 is 1.12 bits per heavy atom. The van der Waals surface area contributed by atoms with Gasteiger partial charge in [-0.3, -0.25) is 0 Å². The summed E-state index contributed by atoms with van der Waals surface area (Å²) in [5, 5.41) is 13.6. The first-order valence-electron chi connectivity index (χ1n) is 6.11. The minimum atomic E-state index is 0.523. The molecule has 0 aliphatic carbocycles. The summed E-state index contributed by atoms with van der Waals surface area (Å²) < 4.78 is 0. The fraction of sp³-hybridized carbons (Fsp3) is 0.571. The summed E-state index contributed by atoms with van der Waals surface area (Å²) in [6, 6.07) is 2.17. The van der Waals surface area contributed by atoms with E-state index in [0.717, 1.165) is 37.1 Å². The van der Waals surface area contributed by atoms with Gasteiger partial charge in [0.2, 0.25) is 0 Å². The van der Waals surface area contributed by atoms with E-state index < -0.39 is 0 Å². The van der Waals surface area contributed by atoms with Crippen molar-refractivity contribution in [1.82, 2.24) is 5.32 Å². The summed E-state index contributed by atoms with van der Waals surface area (Å²) in [6.07, 6.45) is 2.27. The molecule has 0 amide bonds. The number of nitrogens with one attached hydrogen (secondary N) is 1. The third kappa shape index (κ3) is 1.94. The molecule has 88 valence electrons. The molecule has 2 rings (SSSR count). The highest BCUT2D eigenvalue weighted by Gasteiger charge is 2.20. The lowest BCUT2D eigenvalue weighted by Crippen LogP contribution is -2.26. The van der Waals surface area contributed by atoms with Crippen molar-refractivity contribution in [3.63, 3.8) is 0 Å². The summed E-state index contributed by atoms with van der Waals surface area (Å²) in [7, 11) is 0. The van der Waals surface area contributed by atoms with Crippen LogP contribution in [0.4, 0.5) is 0 Å². The highest BCUT2D eigenvalue weighted by atomic mass is 16.3. The van der Waals surface area contributed by atoms with Crippen molar-refractivity contribution < 1.29 is 5.11 Å². The zero-order valence-corrected chi connectivity index (χ0v) is 10.4. The van der Waals surface area contributed by atoms with Gasteiger partial charge in [-0.05, 0) is 74.9 Å². The number of aryl methyl sites for hydroxylation is 1. The van der Waals surface area contributed by atoms with E-state index in [4.69, 9.17) is 0 Å². The number of rotatable bonds is 1. The Kier molecular flexibility index (Phi) is 3.20. The van der Waals surface area contributed by atoms with Gasteiger partial charge < -0.3 is 10.4 Å². The average molecular weight is 219 g/mol. The van der Waals surface area contributed by atoms with Gasteiger partial charge in [-0.15, -0.1) is 0 Å². The highest BCUT2D eigenvalue weighted by molar-refractivity contribution is 5.49. The largest absolute Gasteiger partial charge is 0.507 e. The van der Waals surface area contributed by atoms with Gasteiger partial charge >= 0.3 is 0 Å². The van der Waals surface area contributed by atoms with E-state index in [2.05, 4.69) is 25.2 Å². The lowest BCUT2D eigenvalue weighted by atomic mass is 9.86. The first-order chi connectivity index (χ1) is 7.61. The molecule has 2 nitrogen and oxygen atoms in total. The number of piperidine rings is 1. The second kappa shape index (κ2) is 4.46. The molecule has 1 aromatic carbocycles. The number of phenols is 1. The molecule has 0 saturated carbocycles. The molecule has 0 bridgehead atoms. The van der Waals surface area contributed by atoms with Gasteiger partial charge in [0.1, 0.15) is 5.75 Å². The summed E-state index contributed by atoms with van der Waals surface area (Å²) in [6.45, 7) is 8.36. The SMILES string of the molecule is Cc1cc(C2CCNCC2)c(O)c(C)c1C. The van der Waals surface area contributed by atoms with Crippen molar-refractivity contribution in [2.24, 2.45) is 0 Å². The lowest BCUT2D eigenvalue weighted by molar-refractivity contribution is 0.421. The van der Waals surface area contributed by atoms with E-state index in [1.807, 2.05) is 6.92 Å². The van der Waals surface area contributed by atoms with E-state index in [1.54, 1.807) is 0 Å². The maximum Gasteiger partial charge on any atom is 0.122 e. The van der Waals surface area contributed by atoms with Gasteiger partial charge in [0.05, 0.1) is 0 Å². The van der Waals surface area contributed by atoms with E-state index in [0.29, 0.717) is 11.7 Å². The van der Waals surface area contributed by atoms with Crippen molar-refractivity contribution in [3.8, 4) is 5.75 Å². The summed E-state index contributed by atoms with van der Waals surface area (Å²) >= 11 is 0. The molecule has 2 N–H and O–H groups in total. The van der Waals surface area contributed by atoms with Gasteiger partial charge in [0.25, 0.3) is 0 Å². The van der Waals surface area contributed by atoms with Crippen molar-refractivity contribution in [2.45, 2.75) is 39.5 Å². The Morgan fingerprint density at radius 3 is 2.38 bits per heavy atom. The molecule has 0 unspecified atom stereocenters. The molecule has 16 heavy (non-hydrogen) atoms. The second-order valence-corrected chi connectivity index (χ2v) is 4.91. The number of hydrogen-bond acceptors (Lipinski definition) is 2. The molecule has 1 saturated heterocycles. The fourth-order valence-electron chi connectivity index (χ4n) is 2.54. The van der Waals surface area contributed by atoms with Gasteiger partial charge in [-0.25, -0.2) is 0 Å². The van der Waals surface area contributed by atoms with E-state index in [-0.39, 0.29) is 0 Å². The Labute approximate surface area is 97.7 Å². The zero-order chi connectivity index (χ0) is 11.7. The second-order valence-electron chi connectivity index (χ2n) is 4.91. The van der Waals surface area contributed by atoms with Crippen LogP contribution in [0.25, 0.3) is 0 Å². The molecule has 1 fully saturated rings. The summed E-state index contributed by atoms with van der Waals surface area (Å²) in [5.41, 5.74) is 4.72. The van der Waals surface area contributed by atoms with Gasteiger partial charge in [-0.2, -0.15) is 0 Å². The molecule has 0 radical (unpaired) electrons. The molecule has 1 aliphatic rings. The third-order valence-electron chi connectivity index (χ3n) is 3.93. The number of phenolic OH excluding ortho intramolecular Hbond substituents is 1. The van der Waals surface area contributed by atoms with Crippen LogP contribution in [0.5, 0.6) is 5.75 Å². The van der Waals surface area contributed by atoms with Crippen LogP contribution in [0.2, 0.25) is 0 Å². The van der Waals surface area contributed by atoms with Crippen LogP contribution in [0.3, 0.4) is 0 Å². The topological polar surface area (TPSA) is 32.3 Å². The van der Waals surface area contributed by atoms with Crippen LogP contribution in [0, 0.1) is 20.8 Å². The lowest BCUT2D eigenvalue weighted by Gasteiger charge is -2.25. The minimum absolute atomic E-state index is 0.523. The molecule has 0 spiro atoms. The predicted molar refractivity (Wildman–Crippen MR) is 67.2 cm³/mol. The minimum Gasteiger partial charge on any atom is -0.507 e. The number of hydrogen-bond donors (Lipinski definition) is 2. The van der Waals surface area contributed by atoms with E-state index in [1.165, 1.54) is 11.1 Å². The third-order valence-corrected chi connectivity index (χ3v) is 3.93. The smallest absolute Gasteiger partial charge is 0.122 e. The molecule has 0 aromatic heterocycles. The normalized spacial score (nSPS) is 17.7. The standard InChI is InChI=1S/C14H21NO/c1-9-8-13(12-4-6-15-7-5-12)14(16)11(3)10(9)2/h8,12,15-16H,4-7H2,1-3H3. The van der Waals surface area contributed by atoms with Crippen LogP contribution >= 0.6 is 0 Å². The summed E-state index contributed by atoms with van der Waals surface area (Å²) in [5.74, 6) is 1.05. The van der Waals surface area contributed by atoms with Crippen molar-refractivity contribution in [1.29, 1.82) is 0 Å². The van der Waals surface area contributed by atoms with Crippen molar-refractivity contribution >= 4 is 0 Å². The van der Waals surface area contributed by atoms with Crippen LogP contribution in [0.1, 0.15) is 41.0 Å². The Bertz CT molecular complexity index is 392. The van der Waals surface area contributed by atoms with Crippen LogP contribution in [-0.4, -0.2) is 18.2 Å². The van der Waals surface area contributed by atoms with Gasteiger partial charge in [0.15, 0.2) is 0 Å². The molecular weight excluding hydrogens is 198 g/mol. The van der Waals surface area contributed by atoms with Crippen molar-refractivity contribution in [3.05, 3.63) is 28.3 Å². The Morgan fingerprint density at radius 2 is 1.75 bits per heavy atom. The molecular formula is C14H21NO. The maximum absolute atomic E-state index is 10.2. The van der Waals surface area contributed by atoms with Crippen molar-refractivity contribution in [2.75, 3.05) is 13.1 Å². The van der Waals surface area contributed by atoms with Gasteiger partial charge in [-0.1, -0.05) is 6.07 Å². The maximum atomic E-state index is 10.2. The number of aromatic hydroxyl groups is 1. The first-order valence-corrected chi connectivity index (χ1v) is 6.11. The zero-order valence-electron chi connectivity index (χ0n) is 10.4. The molecule has 0 atom stereocenters. The fourth-order valence-corrected chi connectivity index (χ4v) is 2.54. The Hall–Kier alpha value is -1.02. The average Bonchev–Trinajstić information content (AvgIpc) is 2.32. The molecule has 1 aliphatic heterocycles. The number of benzene rings is 1. The first kappa shape index (κ1) is 11.5. The van der Waals surface area contributed by atoms with E-state index >= 15 is 0 Å². The monoisotopic (exact) mass is 219 g/mol. The van der Waals surface area contributed by atoms with E-state index in [9.17, 15) is 5.11 Å². The molecule has 2 heteroatoms. The Balaban J connectivity index is 2.40. The van der Waals surface area contributed by atoms with Crippen LogP contribution in [0.15, 0.2) is 6.07 Å². The van der Waals surface area contributed by atoms with Gasteiger partial charge in [0, 0.05) is 0 Å². The quantitative estimate of drug-likeness (QED) is 0.761. The molecule has 1 aromatic rings.